The van der Waals surface area contributed by atoms with Crippen LogP contribution in [0, 0.1) is 0 Å². The minimum atomic E-state index is -0.498. The van der Waals surface area contributed by atoms with E-state index in [1.54, 1.807) is 18.3 Å². The van der Waals surface area contributed by atoms with Gasteiger partial charge >= 0.3 is 0 Å². The molecule has 1 aliphatic carbocycles. The number of rotatable bonds is 6. The fourth-order valence-electron chi connectivity index (χ4n) is 3.87. The number of hydrogen-bond acceptors (Lipinski definition) is 6. The number of carbonyl (C=O) groups is 1. The molecular formula is C23H26N4O3. The molecule has 1 fully saturated rings. The quantitative estimate of drug-likeness (QED) is 0.501. The molecular weight excluding hydrogens is 380 g/mol. The molecule has 0 saturated heterocycles. The summed E-state index contributed by atoms with van der Waals surface area (Å²) < 4.78 is 0. The normalized spacial score (nSPS) is 19.9. The number of aromatic nitrogens is 2. The van der Waals surface area contributed by atoms with Crippen LogP contribution in [0.5, 0.6) is 0 Å². The Balaban J connectivity index is 1.56. The van der Waals surface area contributed by atoms with Crippen LogP contribution in [0.3, 0.4) is 0 Å². The van der Waals surface area contributed by atoms with Crippen LogP contribution in [0.25, 0.3) is 10.9 Å². The Labute approximate surface area is 175 Å². The van der Waals surface area contributed by atoms with Crippen molar-refractivity contribution in [3.8, 4) is 0 Å². The summed E-state index contributed by atoms with van der Waals surface area (Å²) >= 11 is 0. The van der Waals surface area contributed by atoms with Crippen LogP contribution in [-0.4, -0.2) is 44.8 Å². The second-order valence-corrected chi connectivity index (χ2v) is 7.71. The van der Waals surface area contributed by atoms with Crippen LogP contribution in [0.2, 0.25) is 0 Å². The molecule has 0 aliphatic heterocycles. The van der Waals surface area contributed by atoms with Gasteiger partial charge in [0.1, 0.15) is 0 Å². The van der Waals surface area contributed by atoms with Crippen molar-refractivity contribution in [2.75, 3.05) is 11.9 Å². The number of para-hydroxylation sites is 1. The van der Waals surface area contributed by atoms with Crippen LogP contribution in [-0.2, 0) is 0 Å². The zero-order chi connectivity index (χ0) is 20.9. The number of nitrogens with zero attached hydrogens (tertiary/aromatic N) is 2. The molecule has 1 amide bonds. The largest absolute Gasteiger partial charge is 0.394 e. The van der Waals surface area contributed by atoms with E-state index in [1.807, 2.05) is 36.4 Å². The van der Waals surface area contributed by atoms with E-state index in [-0.39, 0.29) is 24.7 Å². The molecule has 7 heteroatoms. The van der Waals surface area contributed by atoms with E-state index in [9.17, 15) is 15.0 Å². The Bertz CT molecular complexity index is 1000. The molecule has 1 aliphatic rings. The maximum Gasteiger partial charge on any atom is 0.254 e. The predicted molar refractivity (Wildman–Crippen MR) is 115 cm³/mol. The van der Waals surface area contributed by atoms with Crippen molar-refractivity contribution in [2.45, 2.75) is 43.9 Å². The number of carbonyl (C=O) groups excluding carboxylic acids is 1. The first-order valence-electron chi connectivity index (χ1n) is 10.3. The van der Waals surface area contributed by atoms with Crippen LogP contribution in [0.15, 0.2) is 54.7 Å². The highest BCUT2D eigenvalue weighted by atomic mass is 16.3. The van der Waals surface area contributed by atoms with E-state index in [0.29, 0.717) is 17.0 Å². The van der Waals surface area contributed by atoms with Gasteiger partial charge < -0.3 is 20.8 Å². The number of amides is 1. The molecule has 1 heterocycles. The van der Waals surface area contributed by atoms with Crippen LogP contribution in [0.1, 0.15) is 47.6 Å². The van der Waals surface area contributed by atoms with Gasteiger partial charge in [-0.3, -0.25) is 4.79 Å². The van der Waals surface area contributed by atoms with E-state index in [0.717, 1.165) is 36.6 Å². The van der Waals surface area contributed by atoms with Crippen molar-refractivity contribution in [1.29, 1.82) is 0 Å². The van der Waals surface area contributed by atoms with Gasteiger partial charge in [-0.1, -0.05) is 42.5 Å². The molecule has 4 rings (SSSR count). The van der Waals surface area contributed by atoms with Gasteiger partial charge in [-0.2, -0.15) is 0 Å². The number of fused-ring (bicyclic) bond motifs is 1. The second-order valence-electron chi connectivity index (χ2n) is 7.71. The van der Waals surface area contributed by atoms with E-state index in [2.05, 4.69) is 20.6 Å². The van der Waals surface area contributed by atoms with Gasteiger partial charge in [0, 0.05) is 17.6 Å². The maximum atomic E-state index is 13.0. The summed E-state index contributed by atoms with van der Waals surface area (Å²) in [6, 6.07) is 14.5. The summed E-state index contributed by atoms with van der Waals surface area (Å²) in [5.74, 6) is 0.180. The molecule has 3 aromatic rings. The first-order chi connectivity index (χ1) is 14.6. The van der Waals surface area contributed by atoms with Gasteiger partial charge in [-0.15, -0.1) is 0 Å². The van der Waals surface area contributed by atoms with E-state index in [4.69, 9.17) is 0 Å². The Morgan fingerprint density at radius 1 is 1.07 bits per heavy atom. The lowest BCUT2D eigenvalue weighted by Gasteiger charge is -2.26. The van der Waals surface area contributed by atoms with Crippen molar-refractivity contribution >= 4 is 22.8 Å². The second kappa shape index (κ2) is 9.19. The third-order valence-corrected chi connectivity index (χ3v) is 5.58. The Morgan fingerprint density at radius 2 is 1.83 bits per heavy atom. The topological polar surface area (TPSA) is 107 Å². The SMILES string of the molecule is O=C(NC(CO)c1ccccc1)c1cccc2cnc(NC3CCC(O)CC3)nc12. The van der Waals surface area contributed by atoms with Gasteiger partial charge in [0.2, 0.25) is 5.95 Å². The van der Waals surface area contributed by atoms with Crippen molar-refractivity contribution in [3.63, 3.8) is 0 Å². The molecule has 0 spiro atoms. The summed E-state index contributed by atoms with van der Waals surface area (Å²) in [6.07, 6.45) is 4.74. The number of benzene rings is 2. The molecule has 1 aromatic heterocycles. The van der Waals surface area contributed by atoms with Gasteiger partial charge in [-0.05, 0) is 37.3 Å². The predicted octanol–water partition coefficient (Wildman–Crippen LogP) is 2.81. The third kappa shape index (κ3) is 4.58. The molecule has 0 radical (unpaired) electrons. The molecule has 1 atom stereocenters. The first kappa shape index (κ1) is 20.3. The van der Waals surface area contributed by atoms with E-state index >= 15 is 0 Å². The zero-order valence-corrected chi connectivity index (χ0v) is 16.7. The van der Waals surface area contributed by atoms with Crippen molar-refractivity contribution < 1.29 is 15.0 Å². The molecule has 7 nitrogen and oxygen atoms in total. The zero-order valence-electron chi connectivity index (χ0n) is 16.7. The van der Waals surface area contributed by atoms with E-state index in [1.165, 1.54) is 0 Å². The number of aliphatic hydroxyl groups excluding tert-OH is 2. The van der Waals surface area contributed by atoms with Crippen molar-refractivity contribution in [1.82, 2.24) is 15.3 Å². The fourth-order valence-corrected chi connectivity index (χ4v) is 3.87. The van der Waals surface area contributed by atoms with Crippen LogP contribution >= 0.6 is 0 Å². The van der Waals surface area contributed by atoms with Crippen LogP contribution < -0.4 is 10.6 Å². The highest BCUT2D eigenvalue weighted by molar-refractivity contribution is 6.05. The smallest absolute Gasteiger partial charge is 0.254 e. The summed E-state index contributed by atoms with van der Waals surface area (Å²) in [5, 5.41) is 26.5. The van der Waals surface area contributed by atoms with Gasteiger partial charge in [0.15, 0.2) is 0 Å². The summed E-state index contributed by atoms with van der Waals surface area (Å²) in [4.78, 5) is 22.0. The monoisotopic (exact) mass is 406 g/mol. The molecule has 156 valence electrons. The molecule has 4 N–H and O–H groups in total. The average molecular weight is 406 g/mol. The number of nitrogens with one attached hydrogen (secondary N) is 2. The number of hydrogen-bond donors (Lipinski definition) is 4. The minimum Gasteiger partial charge on any atom is -0.394 e. The summed E-state index contributed by atoms with van der Waals surface area (Å²) in [5.41, 5.74) is 1.84. The van der Waals surface area contributed by atoms with E-state index < -0.39 is 6.04 Å². The highest BCUT2D eigenvalue weighted by Gasteiger charge is 2.21. The van der Waals surface area contributed by atoms with Gasteiger partial charge in [-0.25, -0.2) is 9.97 Å². The van der Waals surface area contributed by atoms with Crippen molar-refractivity contribution in [2.24, 2.45) is 0 Å². The van der Waals surface area contributed by atoms with Crippen molar-refractivity contribution in [3.05, 3.63) is 65.9 Å². The first-order valence-corrected chi connectivity index (χ1v) is 10.3. The Morgan fingerprint density at radius 3 is 2.57 bits per heavy atom. The Hall–Kier alpha value is -3.03. The molecule has 1 saturated carbocycles. The van der Waals surface area contributed by atoms with Crippen LogP contribution in [0.4, 0.5) is 5.95 Å². The maximum absolute atomic E-state index is 13.0. The molecule has 2 aromatic carbocycles. The van der Waals surface area contributed by atoms with Gasteiger partial charge in [0.25, 0.3) is 5.91 Å². The lowest BCUT2D eigenvalue weighted by Crippen LogP contribution is -2.31. The van der Waals surface area contributed by atoms with Gasteiger partial charge in [0.05, 0.1) is 29.8 Å². The average Bonchev–Trinajstić information content (AvgIpc) is 2.79. The third-order valence-electron chi connectivity index (χ3n) is 5.58. The highest BCUT2D eigenvalue weighted by Crippen LogP contribution is 2.23. The molecule has 30 heavy (non-hydrogen) atoms. The molecule has 0 bridgehead atoms. The summed E-state index contributed by atoms with van der Waals surface area (Å²) in [7, 11) is 0. The summed E-state index contributed by atoms with van der Waals surface area (Å²) in [6.45, 7) is -0.199. The standard InChI is InChI=1S/C23H26N4O3/c28-14-20(15-5-2-1-3-6-15)26-22(30)19-8-4-7-16-13-24-23(27-21(16)19)25-17-9-11-18(29)12-10-17/h1-8,13,17-18,20,28-29H,9-12,14H2,(H,26,30)(H,24,25,27). The lowest BCUT2D eigenvalue weighted by molar-refractivity contribution is 0.0917. The fraction of sp³-hybridized carbons (Fsp3) is 0.348. The number of anilines is 1. The number of aliphatic hydroxyl groups is 2. The molecule has 1 unspecified atom stereocenters. The Kier molecular flexibility index (Phi) is 6.21. The minimum absolute atomic E-state index is 0.199. The lowest BCUT2D eigenvalue weighted by atomic mass is 9.93.